The SMILES string of the molecule is Cc1ccc(-c2noc([C@H]3CCCN3S(C)(=O)=O)n2)cc1NC(=O)c1cnc2ccccn12. The Hall–Kier alpha value is -3.57. The van der Waals surface area contributed by atoms with Gasteiger partial charge in [-0.15, -0.1) is 0 Å². The molecule has 1 aliphatic rings. The first-order chi connectivity index (χ1) is 15.8. The second-order valence-electron chi connectivity index (χ2n) is 8.04. The van der Waals surface area contributed by atoms with Gasteiger partial charge < -0.3 is 9.84 Å². The number of hydrogen-bond acceptors (Lipinski definition) is 7. The summed E-state index contributed by atoms with van der Waals surface area (Å²) in [7, 11) is -3.37. The van der Waals surface area contributed by atoms with Gasteiger partial charge in [0.05, 0.1) is 12.5 Å². The number of fused-ring (bicyclic) bond motifs is 1. The quantitative estimate of drug-likeness (QED) is 0.479. The van der Waals surface area contributed by atoms with Crippen molar-refractivity contribution in [1.29, 1.82) is 0 Å². The average molecular weight is 467 g/mol. The van der Waals surface area contributed by atoms with Gasteiger partial charge in [0.1, 0.15) is 17.4 Å². The normalized spacial score (nSPS) is 17.0. The van der Waals surface area contributed by atoms with Gasteiger partial charge >= 0.3 is 0 Å². The topological polar surface area (TPSA) is 123 Å². The van der Waals surface area contributed by atoms with Crippen LogP contribution in [0.1, 0.15) is 40.8 Å². The van der Waals surface area contributed by atoms with Crippen LogP contribution in [0.5, 0.6) is 0 Å². The van der Waals surface area contributed by atoms with Gasteiger partial charge in [0, 0.05) is 24.0 Å². The summed E-state index contributed by atoms with van der Waals surface area (Å²) in [6, 6.07) is 10.5. The van der Waals surface area contributed by atoms with E-state index in [1.807, 2.05) is 37.3 Å². The van der Waals surface area contributed by atoms with E-state index >= 15 is 0 Å². The zero-order chi connectivity index (χ0) is 23.2. The van der Waals surface area contributed by atoms with Crippen molar-refractivity contribution in [2.24, 2.45) is 0 Å². The van der Waals surface area contributed by atoms with Crippen molar-refractivity contribution in [2.45, 2.75) is 25.8 Å². The predicted molar refractivity (Wildman–Crippen MR) is 121 cm³/mol. The van der Waals surface area contributed by atoms with E-state index in [0.717, 1.165) is 12.0 Å². The molecule has 0 spiro atoms. The van der Waals surface area contributed by atoms with E-state index in [0.29, 0.717) is 41.4 Å². The van der Waals surface area contributed by atoms with Crippen LogP contribution >= 0.6 is 0 Å². The molecular formula is C22H22N6O4S. The van der Waals surface area contributed by atoms with Crippen molar-refractivity contribution >= 4 is 27.3 Å². The number of pyridine rings is 1. The third kappa shape index (κ3) is 4.00. The van der Waals surface area contributed by atoms with Crippen molar-refractivity contribution < 1.29 is 17.7 Å². The molecule has 0 unspecified atom stereocenters. The highest BCUT2D eigenvalue weighted by Crippen LogP contribution is 2.34. The number of aromatic nitrogens is 4. The molecule has 3 aromatic heterocycles. The molecule has 1 atom stereocenters. The summed E-state index contributed by atoms with van der Waals surface area (Å²) < 4.78 is 32.6. The molecule has 1 aromatic carbocycles. The number of benzene rings is 1. The number of nitrogens with zero attached hydrogens (tertiary/aromatic N) is 5. The van der Waals surface area contributed by atoms with Gasteiger partial charge in [0.2, 0.25) is 21.7 Å². The van der Waals surface area contributed by atoms with Crippen molar-refractivity contribution in [3.8, 4) is 11.4 Å². The van der Waals surface area contributed by atoms with E-state index in [1.165, 1.54) is 16.8 Å². The maximum atomic E-state index is 12.9. The minimum Gasteiger partial charge on any atom is -0.337 e. The second kappa shape index (κ2) is 8.09. The van der Waals surface area contributed by atoms with Gasteiger partial charge in [0.25, 0.3) is 5.91 Å². The molecule has 1 amide bonds. The van der Waals surface area contributed by atoms with Gasteiger partial charge in [-0.3, -0.25) is 9.20 Å². The maximum Gasteiger partial charge on any atom is 0.274 e. The first-order valence-corrected chi connectivity index (χ1v) is 12.3. The molecular weight excluding hydrogens is 444 g/mol. The molecule has 1 fully saturated rings. The monoisotopic (exact) mass is 466 g/mol. The summed E-state index contributed by atoms with van der Waals surface area (Å²) >= 11 is 0. The van der Waals surface area contributed by atoms with Crippen LogP contribution in [0.3, 0.4) is 0 Å². The molecule has 0 aliphatic carbocycles. The van der Waals surface area contributed by atoms with E-state index < -0.39 is 16.1 Å². The van der Waals surface area contributed by atoms with Crippen molar-refractivity contribution in [1.82, 2.24) is 23.8 Å². The molecule has 4 aromatic rings. The Labute approximate surface area is 190 Å². The highest BCUT2D eigenvalue weighted by molar-refractivity contribution is 7.88. The summed E-state index contributed by atoms with van der Waals surface area (Å²) in [5, 5.41) is 6.98. The Morgan fingerprint density at radius 3 is 2.91 bits per heavy atom. The Balaban J connectivity index is 1.41. The number of sulfonamides is 1. The number of carbonyl (C=O) groups excluding carboxylic acids is 1. The van der Waals surface area contributed by atoms with Crippen LogP contribution in [-0.2, 0) is 10.0 Å². The Morgan fingerprint density at radius 1 is 1.24 bits per heavy atom. The Bertz CT molecular complexity index is 1460. The molecule has 0 radical (unpaired) electrons. The molecule has 0 saturated carbocycles. The van der Waals surface area contributed by atoms with Gasteiger partial charge in [-0.25, -0.2) is 13.4 Å². The number of hydrogen-bond donors (Lipinski definition) is 1. The number of carbonyl (C=O) groups is 1. The summed E-state index contributed by atoms with van der Waals surface area (Å²) in [5.41, 5.74) is 3.21. The van der Waals surface area contributed by atoms with Gasteiger partial charge in [-0.1, -0.05) is 23.4 Å². The number of anilines is 1. The van der Waals surface area contributed by atoms with Crippen LogP contribution in [-0.4, -0.2) is 51.0 Å². The lowest BCUT2D eigenvalue weighted by Crippen LogP contribution is -2.29. The predicted octanol–water partition coefficient (Wildman–Crippen LogP) is 3.04. The minimum absolute atomic E-state index is 0.268. The molecule has 11 heteroatoms. The molecule has 170 valence electrons. The number of rotatable bonds is 5. The lowest BCUT2D eigenvalue weighted by molar-refractivity contribution is 0.102. The molecule has 0 bridgehead atoms. The molecule has 1 N–H and O–H groups in total. The maximum absolute atomic E-state index is 12.9. The fraction of sp³-hybridized carbons (Fsp3) is 0.273. The first-order valence-electron chi connectivity index (χ1n) is 10.5. The lowest BCUT2D eigenvalue weighted by atomic mass is 10.1. The number of nitrogens with one attached hydrogen (secondary N) is 1. The van der Waals surface area contributed by atoms with Gasteiger partial charge in [-0.05, 0) is 43.5 Å². The highest BCUT2D eigenvalue weighted by atomic mass is 32.2. The Kier molecular flexibility index (Phi) is 5.22. The van der Waals surface area contributed by atoms with Crippen LogP contribution in [0, 0.1) is 6.92 Å². The zero-order valence-electron chi connectivity index (χ0n) is 18.1. The number of imidazole rings is 1. The second-order valence-corrected chi connectivity index (χ2v) is 9.98. The third-order valence-corrected chi connectivity index (χ3v) is 7.04. The van der Waals surface area contributed by atoms with Crippen LogP contribution in [0.15, 0.2) is 53.3 Å². The smallest absolute Gasteiger partial charge is 0.274 e. The standard InChI is InChI=1S/C22H22N6O4S/c1-14-8-9-15(20-25-22(32-26-20)17-6-5-11-28(17)33(2,30)31)12-16(14)24-21(29)18-13-23-19-7-3-4-10-27(18)19/h3-4,7-10,12-13,17H,5-6,11H2,1-2H3,(H,24,29)/t17-/m1/s1. The summed E-state index contributed by atoms with van der Waals surface area (Å²) in [5.74, 6) is 0.304. The molecule has 33 heavy (non-hydrogen) atoms. The Morgan fingerprint density at radius 2 is 2.09 bits per heavy atom. The van der Waals surface area contributed by atoms with Crippen molar-refractivity contribution in [3.05, 3.63) is 65.9 Å². The average Bonchev–Trinajstić information content (AvgIpc) is 3.53. The molecule has 4 heterocycles. The zero-order valence-corrected chi connectivity index (χ0v) is 18.9. The minimum atomic E-state index is -3.37. The highest BCUT2D eigenvalue weighted by Gasteiger charge is 2.36. The van der Waals surface area contributed by atoms with Crippen LogP contribution in [0.4, 0.5) is 5.69 Å². The summed E-state index contributed by atoms with van der Waals surface area (Å²) in [6.45, 7) is 2.32. The van der Waals surface area contributed by atoms with Crippen molar-refractivity contribution in [2.75, 3.05) is 18.1 Å². The third-order valence-electron chi connectivity index (χ3n) is 5.75. The molecule has 1 aliphatic heterocycles. The first kappa shape index (κ1) is 21.3. The molecule has 5 rings (SSSR count). The van der Waals surface area contributed by atoms with E-state index in [1.54, 1.807) is 16.7 Å². The van der Waals surface area contributed by atoms with E-state index in [-0.39, 0.29) is 11.8 Å². The lowest BCUT2D eigenvalue weighted by Gasteiger charge is -2.18. The number of amides is 1. The summed E-state index contributed by atoms with van der Waals surface area (Å²) in [6.07, 6.45) is 5.86. The van der Waals surface area contributed by atoms with E-state index in [2.05, 4.69) is 20.4 Å². The van der Waals surface area contributed by atoms with Crippen LogP contribution in [0.25, 0.3) is 17.0 Å². The van der Waals surface area contributed by atoms with Crippen LogP contribution < -0.4 is 5.32 Å². The van der Waals surface area contributed by atoms with E-state index in [9.17, 15) is 13.2 Å². The number of aryl methyl sites for hydroxylation is 1. The summed E-state index contributed by atoms with van der Waals surface area (Å²) in [4.78, 5) is 21.6. The fourth-order valence-electron chi connectivity index (χ4n) is 4.05. The molecule has 1 saturated heterocycles. The van der Waals surface area contributed by atoms with E-state index in [4.69, 9.17) is 4.52 Å². The fourth-order valence-corrected chi connectivity index (χ4v) is 5.17. The van der Waals surface area contributed by atoms with Gasteiger partial charge in [0.15, 0.2) is 0 Å². The molecule has 10 nitrogen and oxygen atoms in total. The van der Waals surface area contributed by atoms with Crippen molar-refractivity contribution in [3.63, 3.8) is 0 Å². The largest absolute Gasteiger partial charge is 0.337 e. The van der Waals surface area contributed by atoms with Gasteiger partial charge in [-0.2, -0.15) is 9.29 Å². The van der Waals surface area contributed by atoms with Crippen LogP contribution in [0.2, 0.25) is 0 Å².